The minimum Gasteiger partial charge on any atom is -0.394 e. The SMILES string of the molecule is CCc1n[nH]c(=O)c(C(=O)NC(CO)CC(C)C)c1CC. The fraction of sp³-hybridized carbons (Fsp3) is 0.667. The Morgan fingerprint density at radius 2 is 2.00 bits per heavy atom. The van der Waals surface area contributed by atoms with Gasteiger partial charge in [0.25, 0.3) is 11.5 Å². The Labute approximate surface area is 125 Å². The summed E-state index contributed by atoms with van der Waals surface area (Å²) >= 11 is 0. The van der Waals surface area contributed by atoms with Crippen LogP contribution in [-0.4, -0.2) is 33.9 Å². The highest BCUT2D eigenvalue weighted by molar-refractivity contribution is 5.95. The summed E-state index contributed by atoms with van der Waals surface area (Å²) in [5, 5.41) is 18.5. The molecule has 1 aromatic rings. The van der Waals surface area contributed by atoms with Crippen LogP contribution in [0.25, 0.3) is 0 Å². The first kappa shape index (κ1) is 17.4. The van der Waals surface area contributed by atoms with E-state index in [9.17, 15) is 14.7 Å². The second kappa shape index (κ2) is 7.93. The summed E-state index contributed by atoms with van der Waals surface area (Å²) < 4.78 is 0. The number of aromatic nitrogens is 2. The van der Waals surface area contributed by atoms with Crippen LogP contribution in [0.1, 0.15) is 55.7 Å². The molecule has 1 unspecified atom stereocenters. The van der Waals surface area contributed by atoms with Crippen LogP contribution in [0.2, 0.25) is 0 Å². The average Bonchev–Trinajstić information content (AvgIpc) is 2.45. The average molecular weight is 295 g/mol. The number of aromatic amines is 1. The second-order valence-electron chi connectivity index (χ2n) is 5.54. The zero-order valence-electron chi connectivity index (χ0n) is 13.2. The number of rotatable bonds is 7. The van der Waals surface area contributed by atoms with Crippen LogP contribution in [-0.2, 0) is 12.8 Å². The van der Waals surface area contributed by atoms with Gasteiger partial charge in [0.05, 0.1) is 18.3 Å². The Bertz CT molecular complexity index is 537. The van der Waals surface area contributed by atoms with E-state index in [-0.39, 0.29) is 18.2 Å². The van der Waals surface area contributed by atoms with Crippen molar-refractivity contribution in [1.29, 1.82) is 0 Å². The van der Waals surface area contributed by atoms with Crippen molar-refractivity contribution in [2.24, 2.45) is 5.92 Å². The molecule has 0 aliphatic heterocycles. The summed E-state index contributed by atoms with van der Waals surface area (Å²) in [6, 6.07) is -0.347. The molecule has 6 heteroatoms. The molecule has 0 spiro atoms. The predicted molar refractivity (Wildman–Crippen MR) is 81.4 cm³/mol. The summed E-state index contributed by atoms with van der Waals surface area (Å²) in [4.78, 5) is 24.4. The summed E-state index contributed by atoms with van der Waals surface area (Å²) in [6.07, 6.45) is 1.87. The number of H-pyrrole nitrogens is 1. The number of aliphatic hydroxyl groups excluding tert-OH is 1. The lowest BCUT2D eigenvalue weighted by molar-refractivity contribution is 0.0905. The quantitative estimate of drug-likeness (QED) is 0.700. The lowest BCUT2D eigenvalue weighted by Crippen LogP contribution is -2.41. The zero-order valence-corrected chi connectivity index (χ0v) is 13.2. The Morgan fingerprint density at radius 1 is 1.33 bits per heavy atom. The van der Waals surface area contributed by atoms with E-state index in [2.05, 4.69) is 15.5 Å². The highest BCUT2D eigenvalue weighted by Crippen LogP contribution is 2.11. The summed E-state index contributed by atoms with van der Waals surface area (Å²) in [6.45, 7) is 7.71. The number of aliphatic hydroxyl groups is 1. The molecule has 0 aliphatic carbocycles. The molecule has 0 radical (unpaired) electrons. The van der Waals surface area contributed by atoms with Gasteiger partial charge in [0.15, 0.2) is 0 Å². The molecule has 0 fully saturated rings. The molecule has 118 valence electrons. The van der Waals surface area contributed by atoms with E-state index >= 15 is 0 Å². The second-order valence-corrected chi connectivity index (χ2v) is 5.54. The Balaban J connectivity index is 3.09. The van der Waals surface area contributed by atoms with Crippen molar-refractivity contribution in [2.75, 3.05) is 6.61 Å². The zero-order chi connectivity index (χ0) is 16.0. The van der Waals surface area contributed by atoms with Gasteiger partial charge in [0.1, 0.15) is 5.56 Å². The number of hydrogen-bond donors (Lipinski definition) is 3. The van der Waals surface area contributed by atoms with Crippen molar-refractivity contribution in [3.8, 4) is 0 Å². The van der Waals surface area contributed by atoms with E-state index in [0.717, 1.165) is 5.69 Å². The molecule has 1 rings (SSSR count). The maximum Gasteiger partial charge on any atom is 0.277 e. The molecule has 1 amide bonds. The number of hydrogen-bond acceptors (Lipinski definition) is 4. The highest BCUT2D eigenvalue weighted by Gasteiger charge is 2.21. The Morgan fingerprint density at radius 3 is 2.48 bits per heavy atom. The fourth-order valence-corrected chi connectivity index (χ4v) is 2.44. The van der Waals surface area contributed by atoms with E-state index in [0.29, 0.717) is 30.7 Å². The molecular weight excluding hydrogens is 270 g/mol. The molecule has 3 N–H and O–H groups in total. The first-order chi connectivity index (χ1) is 9.94. The van der Waals surface area contributed by atoms with Crippen LogP contribution >= 0.6 is 0 Å². The van der Waals surface area contributed by atoms with E-state index in [1.54, 1.807) is 0 Å². The first-order valence-electron chi connectivity index (χ1n) is 7.46. The number of aryl methyl sites for hydroxylation is 1. The van der Waals surface area contributed by atoms with Gasteiger partial charge in [-0.05, 0) is 30.7 Å². The molecular formula is C15H25N3O3. The number of amides is 1. The van der Waals surface area contributed by atoms with Crippen molar-refractivity contribution >= 4 is 5.91 Å². The van der Waals surface area contributed by atoms with Crippen molar-refractivity contribution in [3.05, 3.63) is 27.2 Å². The highest BCUT2D eigenvalue weighted by atomic mass is 16.3. The number of nitrogens with zero attached hydrogens (tertiary/aromatic N) is 1. The van der Waals surface area contributed by atoms with Crippen molar-refractivity contribution in [3.63, 3.8) is 0 Å². The van der Waals surface area contributed by atoms with Gasteiger partial charge in [0.2, 0.25) is 0 Å². The van der Waals surface area contributed by atoms with Gasteiger partial charge < -0.3 is 10.4 Å². The molecule has 1 heterocycles. The topological polar surface area (TPSA) is 95.1 Å². The predicted octanol–water partition coefficient (Wildman–Crippen LogP) is 1.03. The van der Waals surface area contributed by atoms with Crippen LogP contribution in [0, 0.1) is 5.92 Å². The minimum absolute atomic E-state index is 0.117. The van der Waals surface area contributed by atoms with Crippen LogP contribution in [0.5, 0.6) is 0 Å². The Kier molecular flexibility index (Phi) is 6.55. The standard InChI is InChI=1S/C15H25N3O3/c1-5-11-12(6-2)17-18-15(21)13(11)14(20)16-10(8-19)7-9(3)4/h9-10,19H,5-8H2,1-4H3,(H,16,20)(H,18,21). The van der Waals surface area contributed by atoms with Crippen LogP contribution in [0.4, 0.5) is 0 Å². The number of carbonyl (C=O) groups is 1. The Hall–Kier alpha value is -1.69. The van der Waals surface area contributed by atoms with Crippen LogP contribution in [0.15, 0.2) is 4.79 Å². The van der Waals surface area contributed by atoms with Crippen molar-refractivity contribution in [1.82, 2.24) is 15.5 Å². The van der Waals surface area contributed by atoms with Crippen LogP contribution in [0.3, 0.4) is 0 Å². The maximum atomic E-state index is 12.4. The van der Waals surface area contributed by atoms with Gasteiger partial charge in [-0.15, -0.1) is 0 Å². The number of nitrogens with one attached hydrogen (secondary N) is 2. The molecule has 0 saturated heterocycles. The molecule has 0 aliphatic rings. The monoisotopic (exact) mass is 295 g/mol. The molecule has 1 atom stereocenters. The third kappa shape index (κ3) is 4.39. The van der Waals surface area contributed by atoms with Gasteiger partial charge in [-0.25, -0.2) is 5.10 Å². The van der Waals surface area contributed by atoms with Crippen molar-refractivity contribution in [2.45, 2.75) is 53.0 Å². The third-order valence-corrected chi connectivity index (χ3v) is 3.40. The summed E-state index contributed by atoms with van der Waals surface area (Å²) in [7, 11) is 0. The summed E-state index contributed by atoms with van der Waals surface area (Å²) in [5.74, 6) is -0.0973. The van der Waals surface area contributed by atoms with E-state index in [4.69, 9.17) is 0 Å². The molecule has 0 bridgehead atoms. The van der Waals surface area contributed by atoms with Gasteiger partial charge in [-0.3, -0.25) is 9.59 Å². The molecule has 0 aromatic carbocycles. The first-order valence-corrected chi connectivity index (χ1v) is 7.46. The van der Waals surface area contributed by atoms with E-state index in [1.807, 2.05) is 27.7 Å². The van der Waals surface area contributed by atoms with Gasteiger partial charge >= 0.3 is 0 Å². The van der Waals surface area contributed by atoms with E-state index < -0.39 is 11.5 Å². The summed E-state index contributed by atoms with van der Waals surface area (Å²) in [5.41, 5.74) is 1.04. The molecule has 6 nitrogen and oxygen atoms in total. The smallest absolute Gasteiger partial charge is 0.277 e. The fourth-order valence-electron chi connectivity index (χ4n) is 2.44. The van der Waals surface area contributed by atoms with E-state index in [1.165, 1.54) is 0 Å². The van der Waals surface area contributed by atoms with Gasteiger partial charge in [-0.1, -0.05) is 27.7 Å². The lowest BCUT2D eigenvalue weighted by atomic mass is 10.0. The largest absolute Gasteiger partial charge is 0.394 e. The molecule has 1 aromatic heterocycles. The minimum atomic E-state index is -0.484. The van der Waals surface area contributed by atoms with Gasteiger partial charge in [-0.2, -0.15) is 5.10 Å². The van der Waals surface area contributed by atoms with Crippen molar-refractivity contribution < 1.29 is 9.90 Å². The van der Waals surface area contributed by atoms with Gasteiger partial charge in [0, 0.05) is 0 Å². The number of carbonyl (C=O) groups excluding carboxylic acids is 1. The van der Waals surface area contributed by atoms with Crippen LogP contribution < -0.4 is 10.9 Å². The normalized spacial score (nSPS) is 12.5. The molecule has 0 saturated carbocycles. The molecule has 21 heavy (non-hydrogen) atoms. The third-order valence-electron chi connectivity index (χ3n) is 3.40. The maximum absolute atomic E-state index is 12.4. The lowest BCUT2D eigenvalue weighted by Gasteiger charge is -2.19.